The van der Waals surface area contributed by atoms with Gasteiger partial charge in [-0.3, -0.25) is 0 Å². The van der Waals surface area contributed by atoms with Gasteiger partial charge in [-0.1, -0.05) is 149 Å². The number of benzene rings is 8. The lowest BCUT2D eigenvalue weighted by Crippen LogP contribution is -2.14. The summed E-state index contributed by atoms with van der Waals surface area (Å²) >= 11 is 0. The molecule has 2 aliphatic rings. The number of ether oxygens (including phenoxy) is 2. The van der Waals surface area contributed by atoms with Crippen molar-refractivity contribution in [3.8, 4) is 78.6 Å². The average Bonchev–Trinajstić information content (AvgIpc) is 3.65. The van der Waals surface area contributed by atoms with Gasteiger partial charge in [-0.2, -0.15) is 0 Å². The van der Waals surface area contributed by atoms with Gasteiger partial charge in [0.05, 0.1) is 0 Å². The van der Waals surface area contributed by atoms with Crippen molar-refractivity contribution in [3.05, 3.63) is 201 Å². The molecular formula is C60H54O2. The van der Waals surface area contributed by atoms with Crippen LogP contribution in [0.5, 0.6) is 23.0 Å². The Labute approximate surface area is 367 Å². The number of rotatable bonds is 7. The maximum absolute atomic E-state index is 7.27. The number of fused-ring (bicyclic) bond motifs is 6. The number of hydrogen-bond donors (Lipinski definition) is 0. The fourth-order valence-electron chi connectivity index (χ4n) is 10.3. The maximum Gasteiger partial charge on any atom is 0.134 e. The van der Waals surface area contributed by atoms with Crippen LogP contribution in [0.3, 0.4) is 0 Å². The van der Waals surface area contributed by atoms with Crippen LogP contribution in [-0.4, -0.2) is 0 Å². The van der Waals surface area contributed by atoms with Gasteiger partial charge in [0.15, 0.2) is 0 Å². The molecule has 0 aromatic heterocycles. The molecule has 0 heterocycles. The quantitative estimate of drug-likeness (QED) is 0.160. The van der Waals surface area contributed by atoms with Gasteiger partial charge in [-0.25, -0.2) is 0 Å². The molecule has 2 nitrogen and oxygen atoms in total. The van der Waals surface area contributed by atoms with Crippen molar-refractivity contribution in [2.45, 2.75) is 80.1 Å². The van der Waals surface area contributed by atoms with E-state index < -0.39 is 0 Å². The minimum atomic E-state index is -0.127. The number of aryl methyl sites for hydroxylation is 3. The van der Waals surface area contributed by atoms with E-state index in [-0.39, 0.29) is 10.8 Å². The molecule has 0 bridgehead atoms. The van der Waals surface area contributed by atoms with E-state index in [2.05, 4.69) is 215 Å². The van der Waals surface area contributed by atoms with Gasteiger partial charge in [0.25, 0.3) is 0 Å². The van der Waals surface area contributed by atoms with E-state index in [1.807, 2.05) is 0 Å². The molecule has 0 radical (unpaired) electrons. The summed E-state index contributed by atoms with van der Waals surface area (Å²) in [7, 11) is 0. The van der Waals surface area contributed by atoms with Crippen molar-refractivity contribution < 1.29 is 9.47 Å². The largest absolute Gasteiger partial charge is 0.457 e. The minimum absolute atomic E-state index is 0.0847. The molecule has 0 saturated carbocycles. The minimum Gasteiger partial charge on any atom is -0.457 e. The van der Waals surface area contributed by atoms with E-state index in [0.717, 1.165) is 56.4 Å². The molecule has 8 aromatic carbocycles. The van der Waals surface area contributed by atoms with Crippen LogP contribution in [0.1, 0.15) is 83.3 Å². The Morgan fingerprint density at radius 2 is 0.645 bits per heavy atom. The van der Waals surface area contributed by atoms with Gasteiger partial charge in [-0.15, -0.1) is 0 Å². The molecule has 62 heavy (non-hydrogen) atoms. The van der Waals surface area contributed by atoms with Crippen molar-refractivity contribution in [1.82, 2.24) is 0 Å². The van der Waals surface area contributed by atoms with Crippen LogP contribution in [0.15, 0.2) is 146 Å². The molecule has 0 atom stereocenters. The van der Waals surface area contributed by atoms with Crippen LogP contribution in [0.25, 0.3) is 55.6 Å². The predicted octanol–water partition coefficient (Wildman–Crippen LogP) is 16.7. The van der Waals surface area contributed by atoms with Crippen LogP contribution in [0.2, 0.25) is 0 Å². The van der Waals surface area contributed by atoms with Gasteiger partial charge >= 0.3 is 0 Å². The average molecular weight is 807 g/mol. The van der Waals surface area contributed by atoms with Crippen molar-refractivity contribution in [2.75, 3.05) is 0 Å². The Balaban J connectivity index is 1.15. The zero-order valence-corrected chi connectivity index (χ0v) is 37.7. The van der Waals surface area contributed by atoms with E-state index >= 15 is 0 Å². The fraction of sp³-hybridized carbons (Fsp3) is 0.200. The summed E-state index contributed by atoms with van der Waals surface area (Å²) in [5, 5.41) is 0. The second-order valence-electron chi connectivity index (χ2n) is 18.7. The monoisotopic (exact) mass is 806 g/mol. The highest BCUT2D eigenvalue weighted by Gasteiger charge is 2.38. The van der Waals surface area contributed by atoms with Gasteiger partial charge in [-0.05, 0) is 172 Å². The smallest absolute Gasteiger partial charge is 0.134 e. The van der Waals surface area contributed by atoms with Crippen LogP contribution in [0.4, 0.5) is 0 Å². The lowest BCUT2D eigenvalue weighted by atomic mass is 9.82. The molecule has 0 N–H and O–H groups in total. The Kier molecular flexibility index (Phi) is 9.23. The summed E-state index contributed by atoms with van der Waals surface area (Å²) in [6, 6.07) is 53.4. The summed E-state index contributed by atoms with van der Waals surface area (Å²) < 4.78 is 14.4. The van der Waals surface area contributed by atoms with E-state index in [9.17, 15) is 0 Å². The summed E-state index contributed by atoms with van der Waals surface area (Å²) in [6.45, 7) is 22.4. The summed E-state index contributed by atoms with van der Waals surface area (Å²) in [5.74, 6) is 3.23. The second kappa shape index (κ2) is 14.5. The lowest BCUT2D eigenvalue weighted by Gasteiger charge is -2.22. The SMILES string of the molecule is Cc1ccccc1-c1cc(C)c(C)c(Oc2cc(-c3cccc4c3-c3ccccc3C4(C)C)cc(Oc3cc(-c4cccc5c4-c4ccccc4C5(C)C)cc(C)c3C)c2C)c1. The third-order valence-electron chi connectivity index (χ3n) is 14.3. The maximum atomic E-state index is 7.27. The van der Waals surface area contributed by atoms with Crippen molar-refractivity contribution in [2.24, 2.45) is 0 Å². The molecule has 8 aromatic rings. The highest BCUT2D eigenvalue weighted by atomic mass is 16.5. The summed E-state index contributed by atoms with van der Waals surface area (Å²) in [4.78, 5) is 0. The van der Waals surface area contributed by atoms with E-state index in [4.69, 9.17) is 9.47 Å². The molecule has 0 aliphatic heterocycles. The van der Waals surface area contributed by atoms with Crippen LogP contribution < -0.4 is 9.47 Å². The van der Waals surface area contributed by atoms with Gasteiger partial charge in [0.2, 0.25) is 0 Å². The normalized spacial score (nSPS) is 13.9. The number of hydrogen-bond acceptors (Lipinski definition) is 2. The van der Waals surface area contributed by atoms with Gasteiger partial charge in [0, 0.05) is 16.4 Å². The first-order chi connectivity index (χ1) is 29.7. The van der Waals surface area contributed by atoms with Crippen molar-refractivity contribution >= 4 is 0 Å². The van der Waals surface area contributed by atoms with Gasteiger partial charge < -0.3 is 9.47 Å². The van der Waals surface area contributed by atoms with E-state index in [1.165, 1.54) is 77.9 Å². The molecule has 0 fully saturated rings. The van der Waals surface area contributed by atoms with Crippen molar-refractivity contribution in [1.29, 1.82) is 0 Å². The molecule has 0 saturated heterocycles. The topological polar surface area (TPSA) is 18.5 Å². The molecule has 0 spiro atoms. The summed E-state index contributed by atoms with van der Waals surface area (Å²) in [6.07, 6.45) is 0. The summed E-state index contributed by atoms with van der Waals surface area (Å²) in [5.41, 5.74) is 24.1. The Morgan fingerprint density at radius 1 is 0.306 bits per heavy atom. The Morgan fingerprint density at radius 3 is 1.10 bits per heavy atom. The van der Waals surface area contributed by atoms with Crippen LogP contribution in [-0.2, 0) is 10.8 Å². The highest BCUT2D eigenvalue weighted by Crippen LogP contribution is 2.55. The first kappa shape index (κ1) is 39.5. The Bertz CT molecular complexity index is 3140. The van der Waals surface area contributed by atoms with E-state index in [1.54, 1.807) is 0 Å². The van der Waals surface area contributed by atoms with Crippen molar-refractivity contribution in [3.63, 3.8) is 0 Å². The standard InChI is InChI=1S/C60H54O2/c1-35-19-11-12-20-44(35)41-29-36(2)38(4)53(31-41)61-55-33-43(46-24-18-28-52-58(46)48-22-14-16-26-50(48)60(52,9)10)34-56(40(55)6)62-54-32-42(30-37(3)39(54)5)45-23-17-27-51-57(45)47-21-13-15-25-49(47)59(51,7)8/h11-34H,1-10H3. The zero-order valence-electron chi connectivity index (χ0n) is 37.7. The first-order valence-corrected chi connectivity index (χ1v) is 22.0. The molecule has 0 unspecified atom stereocenters. The zero-order chi connectivity index (χ0) is 43.2. The molecule has 2 aliphatic carbocycles. The molecule has 2 heteroatoms. The Hall–Kier alpha value is -6.64. The lowest BCUT2D eigenvalue weighted by molar-refractivity contribution is 0.450. The predicted molar refractivity (Wildman–Crippen MR) is 259 cm³/mol. The fourth-order valence-corrected chi connectivity index (χ4v) is 10.3. The molecule has 306 valence electrons. The molecule has 0 amide bonds. The third kappa shape index (κ3) is 6.14. The van der Waals surface area contributed by atoms with E-state index in [0.29, 0.717) is 0 Å². The van der Waals surface area contributed by atoms with Crippen LogP contribution in [0, 0.1) is 41.5 Å². The highest BCUT2D eigenvalue weighted by molar-refractivity contribution is 5.94. The van der Waals surface area contributed by atoms with Crippen LogP contribution >= 0.6 is 0 Å². The van der Waals surface area contributed by atoms with Gasteiger partial charge in [0.1, 0.15) is 23.0 Å². The second-order valence-corrected chi connectivity index (χ2v) is 18.7. The first-order valence-electron chi connectivity index (χ1n) is 22.0. The third-order valence-corrected chi connectivity index (χ3v) is 14.3. The molecule has 10 rings (SSSR count). The molecular weight excluding hydrogens is 753 g/mol.